The largest absolute Gasteiger partial charge is 0.421 e. The summed E-state index contributed by atoms with van der Waals surface area (Å²) in [4.78, 5) is 22.6. The van der Waals surface area contributed by atoms with Crippen LogP contribution in [0.25, 0.3) is 21.9 Å². The van der Waals surface area contributed by atoms with E-state index < -0.39 is 6.67 Å². The zero-order valence-electron chi connectivity index (χ0n) is 17.8. The maximum absolute atomic E-state index is 14.4. The van der Waals surface area contributed by atoms with Gasteiger partial charge in [-0.1, -0.05) is 0 Å². The van der Waals surface area contributed by atoms with Crippen molar-refractivity contribution in [1.29, 1.82) is 0 Å². The van der Waals surface area contributed by atoms with Crippen LogP contribution in [0.2, 0.25) is 0 Å². The SMILES string of the molecule is CNc1cc(F)cc2c1[nH]c1nc(Oc3cnc(CF)nc3)nc(N3C[C@H]4CC3C[C@H]4N)c12. The van der Waals surface area contributed by atoms with Crippen LogP contribution in [0.15, 0.2) is 24.5 Å². The summed E-state index contributed by atoms with van der Waals surface area (Å²) in [5, 5.41) is 4.46. The van der Waals surface area contributed by atoms with Crippen LogP contribution < -0.4 is 20.7 Å². The Bertz CT molecular complexity index is 1360. The van der Waals surface area contributed by atoms with Crippen molar-refractivity contribution in [3.8, 4) is 11.8 Å². The Hall–Kier alpha value is -3.60. The molecule has 1 saturated carbocycles. The van der Waals surface area contributed by atoms with Crippen LogP contribution in [0.4, 0.5) is 20.3 Å². The number of hydrogen-bond donors (Lipinski definition) is 3. The van der Waals surface area contributed by atoms with Crippen LogP contribution >= 0.6 is 0 Å². The number of halogens is 2. The van der Waals surface area contributed by atoms with Crippen molar-refractivity contribution >= 4 is 33.4 Å². The Morgan fingerprint density at radius 1 is 1.24 bits per heavy atom. The molecule has 3 aromatic heterocycles. The highest BCUT2D eigenvalue weighted by molar-refractivity contribution is 6.14. The lowest BCUT2D eigenvalue weighted by Crippen LogP contribution is -2.41. The fourth-order valence-corrected chi connectivity index (χ4v) is 5.10. The van der Waals surface area contributed by atoms with Crippen molar-refractivity contribution in [1.82, 2.24) is 24.9 Å². The van der Waals surface area contributed by atoms with Crippen LogP contribution in [-0.4, -0.2) is 50.6 Å². The van der Waals surface area contributed by atoms with Crippen LogP contribution in [-0.2, 0) is 6.67 Å². The second kappa shape index (κ2) is 7.48. The summed E-state index contributed by atoms with van der Waals surface area (Å²) in [6.07, 6.45) is 4.64. The number of alkyl halides is 1. The topological polar surface area (TPSA) is 118 Å². The van der Waals surface area contributed by atoms with Crippen LogP contribution in [0.3, 0.4) is 0 Å². The monoisotopic (exact) mass is 452 g/mol. The average Bonchev–Trinajstić information content (AvgIpc) is 3.50. The van der Waals surface area contributed by atoms with E-state index in [1.54, 1.807) is 7.05 Å². The number of anilines is 2. The Kier molecular flexibility index (Phi) is 4.54. The van der Waals surface area contributed by atoms with Crippen molar-refractivity contribution in [2.75, 3.05) is 23.8 Å². The molecule has 4 heterocycles. The van der Waals surface area contributed by atoms with Gasteiger partial charge in [-0.2, -0.15) is 9.97 Å². The van der Waals surface area contributed by atoms with Gasteiger partial charge in [0.05, 0.1) is 29.0 Å². The third kappa shape index (κ3) is 3.22. The first-order valence-electron chi connectivity index (χ1n) is 10.8. The minimum absolute atomic E-state index is 0.0704. The lowest BCUT2D eigenvalue weighted by atomic mass is 10.0. The van der Waals surface area contributed by atoms with Crippen LogP contribution in [0, 0.1) is 11.7 Å². The number of nitrogens with zero attached hydrogens (tertiary/aromatic N) is 5. The Morgan fingerprint density at radius 2 is 2.06 bits per heavy atom. The molecule has 2 bridgehead atoms. The predicted octanol–water partition coefficient (Wildman–Crippen LogP) is 3.27. The lowest BCUT2D eigenvalue weighted by Gasteiger charge is -2.31. The highest BCUT2D eigenvalue weighted by Gasteiger charge is 2.44. The fourth-order valence-electron chi connectivity index (χ4n) is 5.10. The van der Waals surface area contributed by atoms with Gasteiger partial charge in [-0.15, -0.1) is 0 Å². The molecule has 0 amide bonds. The van der Waals surface area contributed by atoms with Crippen molar-refractivity contribution in [3.05, 3.63) is 36.2 Å². The van der Waals surface area contributed by atoms with Gasteiger partial charge >= 0.3 is 6.01 Å². The molecule has 1 aliphatic carbocycles. The van der Waals surface area contributed by atoms with Gasteiger partial charge in [0.2, 0.25) is 0 Å². The van der Waals surface area contributed by atoms with Gasteiger partial charge < -0.3 is 25.7 Å². The van der Waals surface area contributed by atoms with E-state index in [1.165, 1.54) is 24.5 Å². The molecule has 1 aromatic carbocycles. The van der Waals surface area contributed by atoms with Crippen molar-refractivity contribution in [2.24, 2.45) is 11.7 Å². The number of benzene rings is 1. The van der Waals surface area contributed by atoms with Gasteiger partial charge in [-0.25, -0.2) is 18.7 Å². The van der Waals surface area contributed by atoms with E-state index >= 15 is 0 Å². The molecule has 4 N–H and O–H groups in total. The number of rotatable bonds is 5. The van der Waals surface area contributed by atoms with Gasteiger partial charge in [0.1, 0.15) is 24.0 Å². The van der Waals surface area contributed by atoms with E-state index in [0.717, 1.165) is 30.3 Å². The summed E-state index contributed by atoms with van der Waals surface area (Å²) >= 11 is 0. The molecular formula is C22H22F2N8O. The number of nitrogens with two attached hydrogens (primary N) is 1. The Labute approximate surface area is 187 Å². The van der Waals surface area contributed by atoms with Gasteiger partial charge in [0, 0.05) is 31.1 Å². The summed E-state index contributed by atoms with van der Waals surface area (Å²) in [6.45, 7) is 0.0124. The van der Waals surface area contributed by atoms with Crippen LogP contribution in [0.5, 0.6) is 11.8 Å². The summed E-state index contributed by atoms with van der Waals surface area (Å²) in [6, 6.07) is 3.46. The number of nitrogens with one attached hydrogen (secondary N) is 2. The average molecular weight is 452 g/mol. The molecule has 0 spiro atoms. The second-order valence-corrected chi connectivity index (χ2v) is 8.58. The third-order valence-corrected chi connectivity index (χ3v) is 6.63. The normalized spacial score (nSPS) is 21.9. The predicted molar refractivity (Wildman–Crippen MR) is 120 cm³/mol. The molecule has 170 valence electrons. The molecule has 33 heavy (non-hydrogen) atoms. The maximum Gasteiger partial charge on any atom is 0.326 e. The van der Waals surface area contributed by atoms with Gasteiger partial charge in [-0.3, -0.25) is 0 Å². The quantitative estimate of drug-likeness (QED) is 0.422. The first-order valence-corrected chi connectivity index (χ1v) is 10.8. The van der Waals surface area contributed by atoms with Gasteiger partial charge in [-0.05, 0) is 30.9 Å². The third-order valence-electron chi connectivity index (χ3n) is 6.63. The fraction of sp³-hybridized carbons (Fsp3) is 0.364. The molecule has 11 heteroatoms. The molecule has 3 atom stereocenters. The second-order valence-electron chi connectivity index (χ2n) is 8.58. The number of ether oxygens (including phenoxy) is 1. The first-order chi connectivity index (χ1) is 16.0. The summed E-state index contributed by atoms with van der Waals surface area (Å²) < 4.78 is 33.0. The lowest BCUT2D eigenvalue weighted by molar-refractivity contribution is 0.429. The van der Waals surface area contributed by atoms with E-state index in [1.807, 2.05) is 0 Å². The van der Waals surface area contributed by atoms with E-state index in [0.29, 0.717) is 34.2 Å². The molecule has 1 aliphatic heterocycles. The zero-order chi connectivity index (χ0) is 22.7. The molecular weight excluding hydrogens is 430 g/mol. The standard InChI is InChI=1S/C22H22F2N8O/c1-26-16-4-11(24)3-14-18-20(29-19(14)16)30-22(33-13-7-27-17(6-23)28-8-13)31-21(18)32-9-10-2-12(32)5-15(10)25/h3-4,7-8,10,12,15,26H,2,5-6,9,25H2,1H3,(H,29,30,31)/t10-,12?,15-/m1/s1. The Balaban J connectivity index is 1.52. The molecule has 2 fully saturated rings. The first kappa shape index (κ1) is 20.0. The zero-order valence-corrected chi connectivity index (χ0v) is 17.8. The van der Waals surface area contributed by atoms with E-state index in [4.69, 9.17) is 15.5 Å². The molecule has 1 saturated heterocycles. The maximum atomic E-state index is 14.4. The van der Waals surface area contributed by atoms with E-state index in [9.17, 15) is 8.78 Å². The van der Waals surface area contributed by atoms with Crippen molar-refractivity contribution in [3.63, 3.8) is 0 Å². The number of aromatic nitrogens is 5. The Morgan fingerprint density at radius 3 is 2.73 bits per heavy atom. The number of piperidine rings is 1. The molecule has 2 aliphatic rings. The van der Waals surface area contributed by atoms with Gasteiger partial charge in [0.15, 0.2) is 11.6 Å². The smallest absolute Gasteiger partial charge is 0.326 e. The molecule has 4 aromatic rings. The van der Waals surface area contributed by atoms with Crippen molar-refractivity contribution < 1.29 is 13.5 Å². The van der Waals surface area contributed by atoms with Crippen molar-refractivity contribution in [2.45, 2.75) is 31.6 Å². The summed E-state index contributed by atoms with van der Waals surface area (Å²) in [7, 11) is 1.74. The number of H-pyrrole nitrogens is 1. The summed E-state index contributed by atoms with van der Waals surface area (Å²) in [5.74, 6) is 1.08. The molecule has 0 radical (unpaired) electrons. The van der Waals surface area contributed by atoms with E-state index in [2.05, 4.69) is 30.2 Å². The van der Waals surface area contributed by atoms with E-state index in [-0.39, 0.29) is 29.7 Å². The van der Waals surface area contributed by atoms with Gasteiger partial charge in [0.25, 0.3) is 0 Å². The number of fused-ring (bicyclic) bond motifs is 5. The van der Waals surface area contributed by atoms with Crippen LogP contribution in [0.1, 0.15) is 18.7 Å². The minimum atomic E-state index is -0.758. The highest BCUT2D eigenvalue weighted by Crippen LogP contribution is 2.44. The molecule has 6 rings (SSSR count). The molecule has 9 nitrogen and oxygen atoms in total. The number of aromatic amines is 1. The minimum Gasteiger partial charge on any atom is -0.421 e. The highest BCUT2D eigenvalue weighted by atomic mass is 19.1. The number of hydrogen-bond acceptors (Lipinski definition) is 8. The summed E-state index contributed by atoms with van der Waals surface area (Å²) in [5.41, 5.74) is 8.15. The molecule has 1 unspecified atom stereocenters.